The molecule has 2 heterocycles. The van der Waals surface area contributed by atoms with Crippen LogP contribution in [-0.2, 0) is 11.2 Å². The standard InChI is InChI=1S/C18H24N2O2/c1-12-15(14-7-3-4-8-16(14)19-12)11-18(22)20-10-6-5-9-17(20)13(2)21/h3-4,7-8,13,17,19,21H,5-6,9-11H2,1-2H3. The van der Waals surface area contributed by atoms with Gasteiger partial charge < -0.3 is 15.0 Å². The Labute approximate surface area is 131 Å². The van der Waals surface area contributed by atoms with E-state index in [-0.39, 0.29) is 11.9 Å². The molecule has 0 radical (unpaired) electrons. The number of amides is 1. The van der Waals surface area contributed by atoms with Crippen LogP contribution >= 0.6 is 0 Å². The lowest BCUT2D eigenvalue weighted by atomic mass is 9.97. The predicted octanol–water partition coefficient (Wildman–Crippen LogP) is 2.78. The summed E-state index contributed by atoms with van der Waals surface area (Å²) in [5, 5.41) is 11.1. The van der Waals surface area contributed by atoms with E-state index in [4.69, 9.17) is 0 Å². The molecule has 118 valence electrons. The van der Waals surface area contributed by atoms with Crippen molar-refractivity contribution in [2.45, 2.75) is 51.7 Å². The van der Waals surface area contributed by atoms with Crippen LogP contribution in [0.5, 0.6) is 0 Å². The van der Waals surface area contributed by atoms with E-state index in [1.807, 2.05) is 30.0 Å². The smallest absolute Gasteiger partial charge is 0.227 e. The summed E-state index contributed by atoms with van der Waals surface area (Å²) in [6.45, 7) is 4.56. The molecule has 1 amide bonds. The number of carbonyl (C=O) groups is 1. The van der Waals surface area contributed by atoms with Crippen LogP contribution in [0.3, 0.4) is 0 Å². The molecule has 2 unspecified atom stereocenters. The molecule has 4 nitrogen and oxygen atoms in total. The summed E-state index contributed by atoms with van der Waals surface area (Å²) in [6, 6.07) is 8.06. The van der Waals surface area contributed by atoms with Crippen LogP contribution in [0.15, 0.2) is 24.3 Å². The molecule has 4 heteroatoms. The summed E-state index contributed by atoms with van der Waals surface area (Å²) in [6.07, 6.45) is 2.95. The first-order chi connectivity index (χ1) is 10.6. The van der Waals surface area contributed by atoms with Crippen molar-refractivity contribution in [3.8, 4) is 0 Å². The fraction of sp³-hybridized carbons (Fsp3) is 0.500. The highest BCUT2D eigenvalue weighted by Crippen LogP contribution is 2.25. The van der Waals surface area contributed by atoms with Crippen LogP contribution < -0.4 is 0 Å². The van der Waals surface area contributed by atoms with Crippen molar-refractivity contribution < 1.29 is 9.90 Å². The van der Waals surface area contributed by atoms with Gasteiger partial charge in [-0.05, 0) is 44.7 Å². The molecule has 1 fully saturated rings. The largest absolute Gasteiger partial charge is 0.391 e. The van der Waals surface area contributed by atoms with Crippen molar-refractivity contribution in [1.82, 2.24) is 9.88 Å². The topological polar surface area (TPSA) is 56.3 Å². The normalized spacial score (nSPS) is 20.3. The third-order valence-electron chi connectivity index (χ3n) is 4.78. The average Bonchev–Trinajstić information content (AvgIpc) is 2.83. The maximum Gasteiger partial charge on any atom is 0.227 e. The zero-order chi connectivity index (χ0) is 15.7. The second-order valence-electron chi connectivity index (χ2n) is 6.34. The maximum absolute atomic E-state index is 12.8. The van der Waals surface area contributed by atoms with Gasteiger partial charge in [-0.2, -0.15) is 0 Å². The summed E-state index contributed by atoms with van der Waals surface area (Å²) in [5.41, 5.74) is 3.21. The highest BCUT2D eigenvalue weighted by Gasteiger charge is 2.30. The minimum Gasteiger partial charge on any atom is -0.391 e. The van der Waals surface area contributed by atoms with E-state index in [9.17, 15) is 9.90 Å². The molecule has 2 aromatic rings. The molecule has 3 rings (SSSR count). The molecular formula is C18H24N2O2. The second kappa shape index (κ2) is 6.13. The zero-order valence-corrected chi connectivity index (χ0v) is 13.3. The SMILES string of the molecule is Cc1[nH]c2ccccc2c1CC(=O)N1CCCCC1C(C)O. The Balaban J connectivity index is 1.84. The first-order valence-electron chi connectivity index (χ1n) is 8.11. The number of nitrogens with zero attached hydrogens (tertiary/aromatic N) is 1. The van der Waals surface area contributed by atoms with Gasteiger partial charge in [0.1, 0.15) is 0 Å². The molecule has 2 N–H and O–H groups in total. The van der Waals surface area contributed by atoms with Gasteiger partial charge in [-0.1, -0.05) is 18.2 Å². The minimum absolute atomic E-state index is 0.0354. The molecular weight excluding hydrogens is 276 g/mol. The highest BCUT2D eigenvalue weighted by atomic mass is 16.3. The summed E-state index contributed by atoms with van der Waals surface area (Å²) in [4.78, 5) is 18.0. The van der Waals surface area contributed by atoms with E-state index in [0.29, 0.717) is 6.42 Å². The Morgan fingerprint density at radius 1 is 1.41 bits per heavy atom. The molecule has 0 spiro atoms. The van der Waals surface area contributed by atoms with Gasteiger partial charge in [0.05, 0.1) is 18.6 Å². The summed E-state index contributed by atoms with van der Waals surface area (Å²) in [7, 11) is 0. The van der Waals surface area contributed by atoms with Crippen LogP contribution in [0.4, 0.5) is 0 Å². The van der Waals surface area contributed by atoms with Crippen molar-refractivity contribution >= 4 is 16.8 Å². The highest BCUT2D eigenvalue weighted by molar-refractivity contribution is 5.90. The molecule has 22 heavy (non-hydrogen) atoms. The zero-order valence-electron chi connectivity index (χ0n) is 13.3. The number of hydrogen-bond acceptors (Lipinski definition) is 2. The van der Waals surface area contributed by atoms with E-state index < -0.39 is 6.10 Å². The number of nitrogens with one attached hydrogen (secondary N) is 1. The van der Waals surface area contributed by atoms with Crippen molar-refractivity contribution in [3.63, 3.8) is 0 Å². The van der Waals surface area contributed by atoms with Crippen molar-refractivity contribution in [2.75, 3.05) is 6.54 Å². The molecule has 1 aliphatic rings. The number of aromatic amines is 1. The van der Waals surface area contributed by atoms with Crippen LogP contribution in [0.1, 0.15) is 37.4 Å². The van der Waals surface area contributed by atoms with E-state index in [1.54, 1.807) is 6.92 Å². The summed E-state index contributed by atoms with van der Waals surface area (Å²) < 4.78 is 0. The molecule has 1 aromatic carbocycles. The number of hydrogen-bond donors (Lipinski definition) is 2. The number of likely N-dealkylation sites (tertiary alicyclic amines) is 1. The first-order valence-corrected chi connectivity index (χ1v) is 8.11. The van der Waals surface area contributed by atoms with Gasteiger partial charge in [0.15, 0.2) is 0 Å². The lowest BCUT2D eigenvalue weighted by Crippen LogP contribution is -2.49. The van der Waals surface area contributed by atoms with E-state index in [1.165, 1.54) is 0 Å². The van der Waals surface area contributed by atoms with Gasteiger partial charge in [0.2, 0.25) is 5.91 Å². The van der Waals surface area contributed by atoms with Gasteiger partial charge in [0.25, 0.3) is 0 Å². The van der Waals surface area contributed by atoms with E-state index in [0.717, 1.165) is 48.0 Å². The Kier molecular flexibility index (Phi) is 4.21. The van der Waals surface area contributed by atoms with Gasteiger partial charge in [-0.3, -0.25) is 4.79 Å². The molecule has 1 aliphatic heterocycles. The Morgan fingerprint density at radius 2 is 2.18 bits per heavy atom. The molecule has 2 atom stereocenters. The second-order valence-corrected chi connectivity index (χ2v) is 6.34. The van der Waals surface area contributed by atoms with Gasteiger partial charge in [0, 0.05) is 23.1 Å². The van der Waals surface area contributed by atoms with Crippen molar-refractivity contribution in [3.05, 3.63) is 35.5 Å². The lowest BCUT2D eigenvalue weighted by Gasteiger charge is -2.37. The monoisotopic (exact) mass is 300 g/mol. The minimum atomic E-state index is -0.465. The third-order valence-corrected chi connectivity index (χ3v) is 4.78. The number of fused-ring (bicyclic) bond motifs is 1. The van der Waals surface area contributed by atoms with Crippen molar-refractivity contribution in [2.24, 2.45) is 0 Å². The van der Waals surface area contributed by atoms with Gasteiger partial charge in [-0.25, -0.2) is 0 Å². The van der Waals surface area contributed by atoms with E-state index in [2.05, 4.69) is 11.1 Å². The quantitative estimate of drug-likeness (QED) is 0.916. The number of para-hydroxylation sites is 1. The number of rotatable bonds is 3. The fourth-order valence-electron chi connectivity index (χ4n) is 3.58. The Hall–Kier alpha value is -1.81. The number of aryl methyl sites for hydroxylation is 1. The van der Waals surface area contributed by atoms with E-state index >= 15 is 0 Å². The van der Waals surface area contributed by atoms with Crippen LogP contribution in [-0.4, -0.2) is 39.6 Å². The van der Waals surface area contributed by atoms with Crippen molar-refractivity contribution in [1.29, 1.82) is 0 Å². The number of carbonyl (C=O) groups excluding carboxylic acids is 1. The lowest BCUT2D eigenvalue weighted by molar-refractivity contribution is -0.136. The molecule has 0 saturated carbocycles. The first kappa shape index (κ1) is 15.1. The number of H-pyrrole nitrogens is 1. The third kappa shape index (κ3) is 2.75. The molecule has 1 aromatic heterocycles. The molecule has 0 aliphatic carbocycles. The van der Waals surface area contributed by atoms with Crippen LogP contribution in [0, 0.1) is 6.92 Å². The Bertz CT molecular complexity index is 675. The Morgan fingerprint density at radius 3 is 2.95 bits per heavy atom. The number of aliphatic hydroxyl groups excluding tert-OH is 1. The maximum atomic E-state index is 12.8. The summed E-state index contributed by atoms with van der Waals surface area (Å²) in [5.74, 6) is 0.124. The number of benzene rings is 1. The fourth-order valence-corrected chi connectivity index (χ4v) is 3.58. The molecule has 0 bridgehead atoms. The van der Waals surface area contributed by atoms with Gasteiger partial charge >= 0.3 is 0 Å². The number of aromatic nitrogens is 1. The predicted molar refractivity (Wildman–Crippen MR) is 87.8 cm³/mol. The number of aliphatic hydroxyl groups is 1. The van der Waals surface area contributed by atoms with Crippen LogP contribution in [0.25, 0.3) is 10.9 Å². The summed E-state index contributed by atoms with van der Waals surface area (Å²) >= 11 is 0. The molecule has 1 saturated heterocycles. The average molecular weight is 300 g/mol. The number of piperidine rings is 1. The van der Waals surface area contributed by atoms with Gasteiger partial charge in [-0.15, -0.1) is 0 Å². The van der Waals surface area contributed by atoms with Crippen LogP contribution in [0.2, 0.25) is 0 Å².